The van der Waals surface area contributed by atoms with Crippen LogP contribution in [0.3, 0.4) is 0 Å². The minimum atomic E-state index is -0.223. The predicted molar refractivity (Wildman–Crippen MR) is 56.2 cm³/mol. The molecule has 64 valence electrons. The quantitative estimate of drug-likeness (QED) is 0.492. The minimum absolute atomic E-state index is 0.223. The number of carbonyl (C=O) groups excluding carboxylic acids is 1. The third-order valence-corrected chi connectivity index (χ3v) is 2.27. The number of rotatable bonds is 2. The number of benzene rings is 1. The summed E-state index contributed by atoms with van der Waals surface area (Å²) in [5, 5.41) is 2.62. The van der Waals surface area contributed by atoms with Gasteiger partial charge in [-0.2, -0.15) is 0 Å². The van der Waals surface area contributed by atoms with E-state index < -0.39 is 0 Å². The average molecular weight is 246 g/mol. The van der Waals surface area contributed by atoms with Gasteiger partial charge in [0, 0.05) is 26.5 Å². The second kappa shape index (κ2) is 4.52. The van der Waals surface area contributed by atoms with Crippen molar-refractivity contribution in [2.75, 3.05) is 11.6 Å². The molecule has 0 radical (unpaired) electrons. The Hall–Kier alpha value is -0.480. The molecule has 0 saturated carbocycles. The normalized spacial score (nSPS) is 9.50. The molecular formula is C8H8BrNOS. The number of anilines is 1. The largest absolute Gasteiger partial charge is 0.317 e. The molecule has 0 heterocycles. The van der Waals surface area contributed by atoms with E-state index in [-0.39, 0.29) is 4.82 Å². The van der Waals surface area contributed by atoms with Gasteiger partial charge in [-0.15, -0.1) is 11.8 Å². The molecule has 0 atom stereocenters. The number of hydrogen-bond acceptors (Lipinski definition) is 2. The molecule has 0 bridgehead atoms. The van der Waals surface area contributed by atoms with E-state index in [2.05, 4.69) is 21.2 Å². The van der Waals surface area contributed by atoms with Gasteiger partial charge in [-0.25, -0.2) is 0 Å². The van der Waals surface area contributed by atoms with Crippen LogP contribution in [0.4, 0.5) is 10.5 Å². The maximum Gasteiger partial charge on any atom is 0.291 e. The van der Waals surface area contributed by atoms with Crippen LogP contribution in [-0.2, 0) is 0 Å². The molecule has 0 aromatic heterocycles. The first kappa shape index (κ1) is 9.61. The molecule has 1 amide bonds. The molecule has 1 N–H and O–H groups in total. The monoisotopic (exact) mass is 245 g/mol. The van der Waals surface area contributed by atoms with Gasteiger partial charge >= 0.3 is 0 Å². The third-order valence-electron chi connectivity index (χ3n) is 1.33. The van der Waals surface area contributed by atoms with Crippen molar-refractivity contribution in [2.45, 2.75) is 4.90 Å². The van der Waals surface area contributed by atoms with Gasteiger partial charge < -0.3 is 5.32 Å². The Morgan fingerprint density at radius 2 is 2.00 bits per heavy atom. The van der Waals surface area contributed by atoms with E-state index in [0.29, 0.717) is 0 Å². The van der Waals surface area contributed by atoms with Crippen molar-refractivity contribution in [1.29, 1.82) is 0 Å². The van der Waals surface area contributed by atoms with E-state index in [1.807, 2.05) is 30.5 Å². The van der Waals surface area contributed by atoms with E-state index in [4.69, 9.17) is 0 Å². The molecule has 1 aromatic carbocycles. The van der Waals surface area contributed by atoms with E-state index in [1.54, 1.807) is 11.8 Å². The lowest BCUT2D eigenvalue weighted by atomic mass is 10.3. The summed E-state index contributed by atoms with van der Waals surface area (Å²) in [6.45, 7) is 0. The summed E-state index contributed by atoms with van der Waals surface area (Å²) in [5.74, 6) is 0. The van der Waals surface area contributed by atoms with Crippen LogP contribution in [0.15, 0.2) is 29.2 Å². The Kier molecular flexibility index (Phi) is 3.62. The van der Waals surface area contributed by atoms with Crippen molar-refractivity contribution in [3.8, 4) is 0 Å². The van der Waals surface area contributed by atoms with Gasteiger partial charge in [0.25, 0.3) is 4.82 Å². The number of halogens is 1. The molecule has 0 aliphatic carbocycles. The Labute approximate surface area is 83.9 Å². The summed E-state index contributed by atoms with van der Waals surface area (Å²) in [5.41, 5.74) is 0.801. The highest BCUT2D eigenvalue weighted by Crippen LogP contribution is 2.17. The molecule has 0 saturated heterocycles. The van der Waals surface area contributed by atoms with Gasteiger partial charge in [0.2, 0.25) is 0 Å². The highest BCUT2D eigenvalue weighted by molar-refractivity contribution is 9.18. The van der Waals surface area contributed by atoms with Crippen molar-refractivity contribution in [3.05, 3.63) is 24.3 Å². The Bertz CT molecular complexity index is 273. The molecule has 0 spiro atoms. The summed E-state index contributed by atoms with van der Waals surface area (Å²) in [4.78, 5) is 11.5. The van der Waals surface area contributed by atoms with E-state index >= 15 is 0 Å². The number of hydrogen-bond donors (Lipinski definition) is 1. The van der Waals surface area contributed by atoms with Crippen LogP contribution in [0, 0.1) is 0 Å². The molecule has 0 fully saturated rings. The maximum atomic E-state index is 10.6. The van der Waals surface area contributed by atoms with Crippen LogP contribution in [0.25, 0.3) is 0 Å². The summed E-state index contributed by atoms with van der Waals surface area (Å²) in [6.07, 6.45) is 2.01. The van der Waals surface area contributed by atoms with Crippen LogP contribution in [-0.4, -0.2) is 11.1 Å². The Morgan fingerprint density at radius 3 is 2.42 bits per heavy atom. The minimum Gasteiger partial charge on any atom is -0.317 e. The van der Waals surface area contributed by atoms with Crippen LogP contribution in [0.5, 0.6) is 0 Å². The van der Waals surface area contributed by atoms with Gasteiger partial charge in [-0.1, -0.05) is 0 Å². The van der Waals surface area contributed by atoms with Crippen LogP contribution in [0.2, 0.25) is 0 Å². The molecular weight excluding hydrogens is 238 g/mol. The number of carbonyl (C=O) groups is 1. The third kappa shape index (κ3) is 2.87. The number of amides is 1. The van der Waals surface area contributed by atoms with Gasteiger partial charge in [-0.05, 0) is 30.5 Å². The first-order valence-electron chi connectivity index (χ1n) is 3.33. The highest BCUT2D eigenvalue weighted by Gasteiger charge is 1.95. The lowest BCUT2D eigenvalue weighted by Crippen LogP contribution is -1.99. The van der Waals surface area contributed by atoms with Crippen molar-refractivity contribution >= 4 is 38.2 Å². The molecule has 4 heteroatoms. The van der Waals surface area contributed by atoms with Gasteiger partial charge in [0.15, 0.2) is 0 Å². The standard InChI is InChI=1S/C8H8BrNOS/c1-12-7-4-2-6(3-5-7)10-8(9)11/h2-5H,1H3,(H,10,11). The first-order chi connectivity index (χ1) is 5.72. The topological polar surface area (TPSA) is 29.1 Å². The zero-order chi connectivity index (χ0) is 8.97. The zero-order valence-electron chi connectivity index (χ0n) is 6.50. The molecule has 0 aliphatic heterocycles. The van der Waals surface area contributed by atoms with Gasteiger partial charge in [0.1, 0.15) is 0 Å². The van der Waals surface area contributed by atoms with E-state index in [9.17, 15) is 4.79 Å². The van der Waals surface area contributed by atoms with Crippen molar-refractivity contribution in [3.63, 3.8) is 0 Å². The molecule has 2 nitrogen and oxygen atoms in total. The summed E-state index contributed by atoms with van der Waals surface area (Å²) < 4.78 is 0. The van der Waals surface area contributed by atoms with Crippen molar-refractivity contribution in [2.24, 2.45) is 0 Å². The Balaban J connectivity index is 2.71. The molecule has 12 heavy (non-hydrogen) atoms. The predicted octanol–water partition coefficient (Wildman–Crippen LogP) is 3.34. The molecule has 0 unspecified atom stereocenters. The van der Waals surface area contributed by atoms with Gasteiger partial charge in [-0.3, -0.25) is 4.79 Å². The molecule has 1 rings (SSSR count). The van der Waals surface area contributed by atoms with Crippen LogP contribution in [0.1, 0.15) is 0 Å². The van der Waals surface area contributed by atoms with Crippen LogP contribution >= 0.6 is 27.7 Å². The second-order valence-electron chi connectivity index (χ2n) is 2.13. The second-order valence-corrected chi connectivity index (χ2v) is 3.73. The average Bonchev–Trinajstić information content (AvgIpc) is 2.05. The van der Waals surface area contributed by atoms with Crippen molar-refractivity contribution < 1.29 is 4.79 Å². The highest BCUT2D eigenvalue weighted by atomic mass is 79.9. The summed E-state index contributed by atoms with van der Waals surface area (Å²) in [7, 11) is 0. The maximum absolute atomic E-state index is 10.6. The lowest BCUT2D eigenvalue weighted by molar-refractivity contribution is 0.270. The molecule has 1 aromatic rings. The van der Waals surface area contributed by atoms with Crippen molar-refractivity contribution in [1.82, 2.24) is 0 Å². The van der Waals surface area contributed by atoms with E-state index in [0.717, 1.165) is 5.69 Å². The lowest BCUT2D eigenvalue weighted by Gasteiger charge is -2.00. The van der Waals surface area contributed by atoms with E-state index in [1.165, 1.54) is 4.90 Å². The smallest absolute Gasteiger partial charge is 0.291 e. The molecule has 0 aliphatic rings. The number of nitrogens with one attached hydrogen (secondary N) is 1. The summed E-state index contributed by atoms with van der Waals surface area (Å²) in [6, 6.07) is 7.65. The first-order valence-corrected chi connectivity index (χ1v) is 5.34. The van der Waals surface area contributed by atoms with Crippen LogP contribution < -0.4 is 5.32 Å². The van der Waals surface area contributed by atoms with Gasteiger partial charge in [0.05, 0.1) is 0 Å². The fourth-order valence-electron chi connectivity index (χ4n) is 0.788. The fourth-order valence-corrected chi connectivity index (χ4v) is 1.42. The Morgan fingerprint density at radius 1 is 1.42 bits per heavy atom. The zero-order valence-corrected chi connectivity index (χ0v) is 8.91. The number of thioether (sulfide) groups is 1. The summed E-state index contributed by atoms with van der Waals surface area (Å²) >= 11 is 4.46. The SMILES string of the molecule is CSc1ccc(NC(=O)Br)cc1. The fraction of sp³-hybridized carbons (Fsp3) is 0.125.